The lowest BCUT2D eigenvalue weighted by molar-refractivity contribution is -0.571. The lowest BCUT2D eigenvalue weighted by Gasteiger charge is -2.21. The summed E-state index contributed by atoms with van der Waals surface area (Å²) < 4.78 is 30.5. The molecular weight excluding hydrogens is 491 g/mol. The van der Waals surface area contributed by atoms with Crippen molar-refractivity contribution in [2.24, 2.45) is 11.8 Å². The van der Waals surface area contributed by atoms with Gasteiger partial charge in [-0.05, 0) is 42.5 Å². The normalized spacial score (nSPS) is 23.0. The van der Waals surface area contributed by atoms with Gasteiger partial charge in [-0.2, -0.15) is 0 Å². The minimum absolute atomic E-state index is 0.00466. The summed E-state index contributed by atoms with van der Waals surface area (Å²) >= 11 is 5.91. The summed E-state index contributed by atoms with van der Waals surface area (Å²) in [4.78, 5) is 20.5. The molecule has 5 rings (SSSR count). The van der Waals surface area contributed by atoms with Crippen LogP contribution in [0.1, 0.15) is 25.7 Å². The molecule has 2 heterocycles. The minimum Gasteiger partial charge on any atom is -0.493 e. The van der Waals surface area contributed by atoms with Crippen LogP contribution < -0.4 is 14.8 Å². The number of fused-ring (bicyclic) bond motifs is 2. The molecule has 3 atom stereocenters. The Morgan fingerprint density at radius 1 is 1.22 bits per heavy atom. The third-order valence-corrected chi connectivity index (χ3v) is 7.44. The second-order valence-corrected chi connectivity index (χ2v) is 9.80. The maximum Gasteiger partial charge on any atom is 0.223 e. The average molecular weight is 517 g/mol. The van der Waals surface area contributed by atoms with Gasteiger partial charge in [0.05, 0.1) is 37.5 Å². The molecule has 1 aliphatic heterocycles. The number of rotatable bonds is 9. The van der Waals surface area contributed by atoms with Gasteiger partial charge in [0.2, 0.25) is 5.54 Å². The molecule has 11 heteroatoms. The topological polar surface area (TPSA) is 109 Å². The van der Waals surface area contributed by atoms with E-state index < -0.39 is 11.4 Å². The molecule has 3 aromatic rings. The van der Waals surface area contributed by atoms with Gasteiger partial charge >= 0.3 is 0 Å². The molecule has 1 saturated carbocycles. The molecule has 1 N–H and O–H groups in total. The molecule has 2 aromatic carbocycles. The smallest absolute Gasteiger partial charge is 0.223 e. The van der Waals surface area contributed by atoms with E-state index in [0.717, 1.165) is 0 Å². The maximum absolute atomic E-state index is 13.5. The Balaban J connectivity index is 1.31. The number of hydrogen-bond acceptors (Lipinski definition) is 8. The van der Waals surface area contributed by atoms with Crippen LogP contribution in [-0.2, 0) is 4.74 Å². The van der Waals surface area contributed by atoms with Crippen molar-refractivity contribution in [1.82, 2.24) is 9.97 Å². The lowest BCUT2D eigenvalue weighted by atomic mass is 9.91. The monoisotopic (exact) mass is 516 g/mol. The van der Waals surface area contributed by atoms with E-state index in [0.29, 0.717) is 79.4 Å². The van der Waals surface area contributed by atoms with E-state index in [4.69, 9.17) is 25.8 Å². The van der Waals surface area contributed by atoms with Crippen LogP contribution >= 0.6 is 11.6 Å². The van der Waals surface area contributed by atoms with Crippen LogP contribution in [0.15, 0.2) is 36.7 Å². The maximum atomic E-state index is 13.5. The molecule has 2 aliphatic rings. The number of aromatic nitrogens is 2. The van der Waals surface area contributed by atoms with E-state index in [1.165, 1.54) is 25.6 Å². The Morgan fingerprint density at radius 3 is 2.69 bits per heavy atom. The number of halogens is 2. The Hall–Kier alpha value is -3.24. The summed E-state index contributed by atoms with van der Waals surface area (Å²) in [6, 6.07) is 7.81. The summed E-state index contributed by atoms with van der Waals surface area (Å²) in [6.45, 7) is 1.54. The number of benzene rings is 2. The second-order valence-electron chi connectivity index (χ2n) is 9.40. The van der Waals surface area contributed by atoms with E-state index in [2.05, 4.69) is 15.3 Å². The first-order valence-electron chi connectivity index (χ1n) is 11.8. The van der Waals surface area contributed by atoms with Crippen molar-refractivity contribution in [3.63, 3.8) is 0 Å². The minimum atomic E-state index is -0.905. The van der Waals surface area contributed by atoms with Crippen LogP contribution in [0.2, 0.25) is 5.02 Å². The lowest BCUT2D eigenvalue weighted by Crippen LogP contribution is -2.37. The van der Waals surface area contributed by atoms with Gasteiger partial charge in [-0.25, -0.2) is 14.4 Å². The fourth-order valence-electron chi connectivity index (χ4n) is 5.33. The van der Waals surface area contributed by atoms with Crippen LogP contribution in [0.25, 0.3) is 10.9 Å². The number of hydrogen-bond donors (Lipinski definition) is 1. The van der Waals surface area contributed by atoms with Crippen molar-refractivity contribution in [2.75, 3.05) is 32.2 Å². The van der Waals surface area contributed by atoms with Gasteiger partial charge in [-0.1, -0.05) is 11.6 Å². The quantitative estimate of drug-likeness (QED) is 0.228. The van der Waals surface area contributed by atoms with Gasteiger partial charge in [-0.15, -0.1) is 0 Å². The van der Waals surface area contributed by atoms with Gasteiger partial charge < -0.3 is 19.5 Å². The van der Waals surface area contributed by atoms with E-state index in [9.17, 15) is 14.5 Å². The molecule has 9 nitrogen and oxygen atoms in total. The summed E-state index contributed by atoms with van der Waals surface area (Å²) in [7, 11) is 1.54. The van der Waals surface area contributed by atoms with Gasteiger partial charge in [0.25, 0.3) is 0 Å². The third kappa shape index (κ3) is 4.75. The van der Waals surface area contributed by atoms with Crippen molar-refractivity contribution >= 4 is 34.0 Å². The predicted octanol–water partition coefficient (Wildman–Crippen LogP) is 5.41. The molecule has 0 amide bonds. The molecule has 36 heavy (non-hydrogen) atoms. The largest absolute Gasteiger partial charge is 0.493 e. The third-order valence-electron chi connectivity index (χ3n) is 7.15. The van der Waals surface area contributed by atoms with E-state index >= 15 is 0 Å². The zero-order valence-corrected chi connectivity index (χ0v) is 20.5. The number of nitrogens with zero attached hydrogens (tertiary/aromatic N) is 3. The van der Waals surface area contributed by atoms with Crippen molar-refractivity contribution in [2.45, 2.75) is 31.2 Å². The molecule has 1 saturated heterocycles. The molecule has 0 bridgehead atoms. The SMILES string of the molecule is COc1cc2ncnc(Nc3ccc(F)c(Cl)c3)c2cc1OCCCC1([N+](=O)[O-])C[C@H]2COC[C@H]2C1. The Labute approximate surface area is 212 Å². The molecule has 1 aromatic heterocycles. The molecule has 0 radical (unpaired) electrons. The number of methoxy groups -OCH3 is 1. The van der Waals surface area contributed by atoms with E-state index in [-0.39, 0.29) is 21.8 Å². The van der Waals surface area contributed by atoms with Crippen LogP contribution in [0.5, 0.6) is 11.5 Å². The van der Waals surface area contributed by atoms with E-state index in [1.807, 2.05) is 0 Å². The Bertz CT molecular complexity index is 1280. The molecule has 2 fully saturated rings. The zero-order chi connectivity index (χ0) is 25.3. The van der Waals surface area contributed by atoms with Crippen LogP contribution in [0.3, 0.4) is 0 Å². The molecule has 1 unspecified atom stereocenters. The van der Waals surface area contributed by atoms with Crippen LogP contribution in [0, 0.1) is 27.8 Å². The molecule has 1 aliphatic carbocycles. The number of nitrogens with one attached hydrogen (secondary N) is 1. The second kappa shape index (κ2) is 10.0. The summed E-state index contributed by atoms with van der Waals surface area (Å²) in [5.41, 5.74) is 0.283. The molecule has 0 spiro atoms. The molecule has 190 valence electrons. The number of nitro groups is 1. The summed E-state index contributed by atoms with van der Waals surface area (Å²) in [5.74, 6) is 1.50. The van der Waals surface area contributed by atoms with Crippen molar-refractivity contribution in [3.8, 4) is 11.5 Å². The van der Waals surface area contributed by atoms with Gasteiger partial charge in [0.15, 0.2) is 11.5 Å². The first-order chi connectivity index (χ1) is 17.4. The fraction of sp³-hybridized carbons (Fsp3) is 0.440. The fourth-order valence-corrected chi connectivity index (χ4v) is 5.51. The van der Waals surface area contributed by atoms with Gasteiger partial charge in [0, 0.05) is 41.3 Å². The average Bonchev–Trinajstić information content (AvgIpc) is 3.44. The van der Waals surface area contributed by atoms with Gasteiger partial charge in [0.1, 0.15) is 18.0 Å². The van der Waals surface area contributed by atoms with E-state index in [1.54, 1.807) is 18.2 Å². The van der Waals surface area contributed by atoms with Gasteiger partial charge in [-0.3, -0.25) is 10.1 Å². The van der Waals surface area contributed by atoms with Crippen LogP contribution in [0.4, 0.5) is 15.9 Å². The van der Waals surface area contributed by atoms with Crippen molar-refractivity contribution in [1.29, 1.82) is 0 Å². The first kappa shape index (κ1) is 24.5. The Kier molecular flexibility index (Phi) is 6.81. The highest BCUT2D eigenvalue weighted by Crippen LogP contribution is 2.47. The van der Waals surface area contributed by atoms with Crippen molar-refractivity contribution in [3.05, 3.63) is 57.6 Å². The first-order valence-corrected chi connectivity index (χ1v) is 12.2. The predicted molar refractivity (Wildman–Crippen MR) is 132 cm³/mol. The van der Waals surface area contributed by atoms with Crippen LogP contribution in [-0.4, -0.2) is 47.4 Å². The summed E-state index contributed by atoms with van der Waals surface area (Å²) in [5, 5.41) is 15.7. The number of ether oxygens (including phenoxy) is 3. The highest BCUT2D eigenvalue weighted by Gasteiger charge is 2.55. The molecular formula is C25H26ClFN4O5. The number of anilines is 2. The highest BCUT2D eigenvalue weighted by atomic mass is 35.5. The highest BCUT2D eigenvalue weighted by molar-refractivity contribution is 6.31. The Morgan fingerprint density at radius 2 is 2.00 bits per heavy atom. The van der Waals surface area contributed by atoms with Crippen molar-refractivity contribution < 1.29 is 23.5 Å². The summed E-state index contributed by atoms with van der Waals surface area (Å²) in [6.07, 6.45) is 3.51. The standard InChI is InChI=1S/C25H26ClFN4O5/c1-34-22-9-21-18(24(29-14-28-21)30-17-3-4-20(27)19(26)7-17)8-23(22)36-6-2-5-25(31(32)33)10-15-12-35-13-16(15)11-25/h3-4,7-9,14-16H,2,5-6,10-13H2,1H3,(H,28,29,30)/t15-,16+,25?. The zero-order valence-electron chi connectivity index (χ0n) is 19.7.